The SMILES string of the molecule is Nc1cc(Br)ccc1Oc1nc[nH]c(=O)c1Br. The van der Waals surface area contributed by atoms with Crippen molar-refractivity contribution in [2.75, 3.05) is 5.73 Å². The molecule has 88 valence electrons. The van der Waals surface area contributed by atoms with E-state index in [0.29, 0.717) is 11.4 Å². The standard InChI is InChI=1S/C10H7Br2N3O2/c11-5-1-2-7(6(13)3-5)17-10-8(12)9(16)14-4-15-10/h1-4H,13H2,(H,14,15,16). The van der Waals surface area contributed by atoms with Gasteiger partial charge in [-0.1, -0.05) is 15.9 Å². The lowest BCUT2D eigenvalue weighted by Gasteiger charge is -2.08. The number of aromatic nitrogens is 2. The highest BCUT2D eigenvalue weighted by Gasteiger charge is 2.09. The largest absolute Gasteiger partial charge is 0.435 e. The number of hydrogen-bond donors (Lipinski definition) is 2. The molecule has 0 aliphatic heterocycles. The number of nitrogen functional groups attached to an aromatic ring is 1. The number of halogens is 2. The van der Waals surface area contributed by atoms with Crippen LogP contribution >= 0.6 is 31.9 Å². The summed E-state index contributed by atoms with van der Waals surface area (Å²) in [5.74, 6) is 0.606. The molecule has 1 aromatic carbocycles. The Morgan fingerprint density at radius 1 is 1.35 bits per heavy atom. The lowest BCUT2D eigenvalue weighted by atomic mass is 10.3. The minimum atomic E-state index is -0.314. The van der Waals surface area contributed by atoms with Crippen LogP contribution in [0.1, 0.15) is 0 Å². The minimum Gasteiger partial charge on any atom is -0.435 e. The van der Waals surface area contributed by atoms with Crippen molar-refractivity contribution >= 4 is 37.5 Å². The van der Waals surface area contributed by atoms with Crippen molar-refractivity contribution in [3.05, 3.63) is 43.8 Å². The molecule has 0 radical (unpaired) electrons. The maximum Gasteiger partial charge on any atom is 0.268 e. The molecular formula is C10H7Br2N3O2. The molecule has 0 unspecified atom stereocenters. The van der Waals surface area contributed by atoms with Crippen LogP contribution in [0.3, 0.4) is 0 Å². The first-order chi connectivity index (χ1) is 8.08. The Morgan fingerprint density at radius 2 is 2.12 bits per heavy atom. The average molecular weight is 361 g/mol. The van der Waals surface area contributed by atoms with E-state index >= 15 is 0 Å². The van der Waals surface area contributed by atoms with Crippen molar-refractivity contribution in [3.63, 3.8) is 0 Å². The van der Waals surface area contributed by atoms with Gasteiger partial charge in [-0.15, -0.1) is 0 Å². The number of nitrogens with two attached hydrogens (primary N) is 1. The zero-order valence-electron chi connectivity index (χ0n) is 8.41. The number of hydrogen-bond acceptors (Lipinski definition) is 4. The normalized spacial score (nSPS) is 10.2. The van der Waals surface area contributed by atoms with Gasteiger partial charge in [0.2, 0.25) is 5.88 Å². The van der Waals surface area contributed by atoms with Gasteiger partial charge in [0.25, 0.3) is 5.56 Å². The van der Waals surface area contributed by atoms with E-state index in [2.05, 4.69) is 41.8 Å². The van der Waals surface area contributed by atoms with Crippen LogP contribution in [0.15, 0.2) is 38.3 Å². The van der Waals surface area contributed by atoms with Crippen LogP contribution in [-0.2, 0) is 0 Å². The highest BCUT2D eigenvalue weighted by Crippen LogP contribution is 2.30. The Labute approximate surface area is 113 Å². The molecule has 0 spiro atoms. The number of aromatic amines is 1. The van der Waals surface area contributed by atoms with Crippen LogP contribution < -0.4 is 16.0 Å². The quantitative estimate of drug-likeness (QED) is 0.807. The van der Waals surface area contributed by atoms with E-state index in [1.807, 2.05) is 0 Å². The number of rotatable bonds is 2. The Kier molecular flexibility index (Phi) is 3.49. The monoisotopic (exact) mass is 359 g/mol. The summed E-state index contributed by atoms with van der Waals surface area (Å²) in [5.41, 5.74) is 5.91. The highest BCUT2D eigenvalue weighted by molar-refractivity contribution is 9.10. The topological polar surface area (TPSA) is 81.0 Å². The molecule has 0 aliphatic carbocycles. The molecule has 0 atom stereocenters. The third kappa shape index (κ3) is 2.67. The van der Waals surface area contributed by atoms with E-state index < -0.39 is 0 Å². The zero-order valence-corrected chi connectivity index (χ0v) is 11.6. The first-order valence-electron chi connectivity index (χ1n) is 4.54. The van der Waals surface area contributed by atoms with Gasteiger partial charge in [0.15, 0.2) is 5.75 Å². The van der Waals surface area contributed by atoms with Gasteiger partial charge in [-0.25, -0.2) is 4.98 Å². The summed E-state index contributed by atoms with van der Waals surface area (Å²) >= 11 is 6.39. The maximum atomic E-state index is 11.3. The van der Waals surface area contributed by atoms with E-state index in [1.165, 1.54) is 6.33 Å². The summed E-state index contributed by atoms with van der Waals surface area (Å²) in [6, 6.07) is 5.18. The molecule has 7 heteroatoms. The van der Waals surface area contributed by atoms with Gasteiger partial charge in [-0.3, -0.25) is 4.79 Å². The number of ether oxygens (including phenoxy) is 1. The Bertz CT molecular complexity index is 613. The van der Waals surface area contributed by atoms with Crippen molar-refractivity contribution in [3.8, 4) is 11.6 Å². The molecule has 0 aliphatic rings. The zero-order chi connectivity index (χ0) is 12.4. The van der Waals surface area contributed by atoms with Crippen molar-refractivity contribution in [2.24, 2.45) is 0 Å². The van der Waals surface area contributed by atoms with Crippen molar-refractivity contribution in [1.82, 2.24) is 9.97 Å². The summed E-state index contributed by atoms with van der Waals surface area (Å²) in [6.45, 7) is 0. The maximum absolute atomic E-state index is 11.3. The third-order valence-electron chi connectivity index (χ3n) is 1.94. The molecule has 0 saturated carbocycles. The molecule has 0 fully saturated rings. The minimum absolute atomic E-state index is 0.169. The molecule has 2 rings (SSSR count). The van der Waals surface area contributed by atoms with Gasteiger partial charge >= 0.3 is 0 Å². The van der Waals surface area contributed by atoms with Gasteiger partial charge in [-0.05, 0) is 34.1 Å². The van der Waals surface area contributed by atoms with Gasteiger partial charge in [0, 0.05) is 4.47 Å². The second-order valence-corrected chi connectivity index (χ2v) is 4.84. The van der Waals surface area contributed by atoms with Crippen LogP contribution in [0.5, 0.6) is 11.6 Å². The molecule has 1 aromatic heterocycles. The van der Waals surface area contributed by atoms with Crippen molar-refractivity contribution < 1.29 is 4.74 Å². The molecule has 0 bridgehead atoms. The molecule has 2 aromatic rings. The second kappa shape index (κ2) is 4.89. The van der Waals surface area contributed by atoms with Gasteiger partial charge < -0.3 is 15.5 Å². The average Bonchev–Trinajstić information content (AvgIpc) is 2.28. The van der Waals surface area contributed by atoms with Crippen LogP contribution in [0.4, 0.5) is 5.69 Å². The fraction of sp³-hybridized carbons (Fsp3) is 0. The van der Waals surface area contributed by atoms with Crippen LogP contribution in [0, 0.1) is 0 Å². The van der Waals surface area contributed by atoms with E-state index in [0.717, 1.165) is 4.47 Å². The van der Waals surface area contributed by atoms with Crippen LogP contribution in [0.25, 0.3) is 0 Å². The Hall–Kier alpha value is -1.34. The smallest absolute Gasteiger partial charge is 0.268 e. The number of nitrogens with one attached hydrogen (secondary N) is 1. The van der Waals surface area contributed by atoms with Crippen molar-refractivity contribution in [2.45, 2.75) is 0 Å². The number of H-pyrrole nitrogens is 1. The Morgan fingerprint density at radius 3 is 2.82 bits per heavy atom. The first-order valence-corrected chi connectivity index (χ1v) is 6.12. The second-order valence-electron chi connectivity index (χ2n) is 3.14. The first kappa shape index (κ1) is 12.1. The predicted octanol–water partition coefficient (Wildman–Crippen LogP) is 2.67. The summed E-state index contributed by atoms with van der Waals surface area (Å²) < 4.78 is 6.52. The van der Waals surface area contributed by atoms with E-state index in [-0.39, 0.29) is 15.9 Å². The molecule has 3 N–H and O–H groups in total. The summed E-state index contributed by atoms with van der Waals surface area (Å²) in [6.07, 6.45) is 1.26. The number of anilines is 1. The fourth-order valence-corrected chi connectivity index (χ4v) is 1.83. The highest BCUT2D eigenvalue weighted by atomic mass is 79.9. The fourth-order valence-electron chi connectivity index (χ4n) is 1.15. The molecule has 0 amide bonds. The van der Waals surface area contributed by atoms with Gasteiger partial charge in [-0.2, -0.15) is 0 Å². The van der Waals surface area contributed by atoms with E-state index in [4.69, 9.17) is 10.5 Å². The lowest BCUT2D eigenvalue weighted by Crippen LogP contribution is -2.08. The molecule has 0 saturated heterocycles. The predicted molar refractivity (Wildman–Crippen MR) is 71.2 cm³/mol. The molecule has 5 nitrogen and oxygen atoms in total. The number of benzene rings is 1. The Balaban J connectivity index is 2.38. The van der Waals surface area contributed by atoms with Crippen LogP contribution in [0.2, 0.25) is 0 Å². The summed E-state index contributed by atoms with van der Waals surface area (Å²) in [7, 11) is 0. The number of nitrogens with zero attached hydrogens (tertiary/aromatic N) is 1. The molecule has 1 heterocycles. The summed E-state index contributed by atoms with van der Waals surface area (Å²) in [4.78, 5) is 17.6. The van der Waals surface area contributed by atoms with Gasteiger partial charge in [0.05, 0.1) is 12.0 Å². The van der Waals surface area contributed by atoms with Gasteiger partial charge in [0.1, 0.15) is 4.47 Å². The third-order valence-corrected chi connectivity index (χ3v) is 3.14. The lowest BCUT2D eigenvalue weighted by molar-refractivity contribution is 0.459. The molecular weight excluding hydrogens is 354 g/mol. The summed E-state index contributed by atoms with van der Waals surface area (Å²) in [5, 5.41) is 0. The van der Waals surface area contributed by atoms with E-state index in [1.54, 1.807) is 18.2 Å². The molecule has 17 heavy (non-hydrogen) atoms. The van der Waals surface area contributed by atoms with Crippen LogP contribution in [-0.4, -0.2) is 9.97 Å². The van der Waals surface area contributed by atoms with E-state index in [9.17, 15) is 4.79 Å². The van der Waals surface area contributed by atoms with Crippen molar-refractivity contribution in [1.29, 1.82) is 0 Å².